The maximum absolute atomic E-state index is 12.4. The van der Waals surface area contributed by atoms with E-state index in [4.69, 9.17) is 4.98 Å². The highest BCUT2D eigenvalue weighted by Crippen LogP contribution is 2.23. The molecule has 1 N–H and O–H groups in total. The van der Waals surface area contributed by atoms with Crippen molar-refractivity contribution in [2.24, 2.45) is 7.05 Å². The second-order valence-corrected chi connectivity index (χ2v) is 7.28. The van der Waals surface area contributed by atoms with Crippen molar-refractivity contribution in [2.75, 3.05) is 18.0 Å². The number of amides is 1. The number of aromatic nitrogens is 4. The Morgan fingerprint density at radius 3 is 2.89 bits per heavy atom. The maximum Gasteiger partial charge on any atom is 0.254 e. The van der Waals surface area contributed by atoms with E-state index >= 15 is 0 Å². The van der Waals surface area contributed by atoms with Crippen LogP contribution < -0.4 is 10.2 Å². The molecule has 140 valence electrons. The van der Waals surface area contributed by atoms with E-state index in [1.54, 1.807) is 17.1 Å². The minimum absolute atomic E-state index is 0.0747. The van der Waals surface area contributed by atoms with Gasteiger partial charge in [0.05, 0.1) is 11.8 Å². The summed E-state index contributed by atoms with van der Waals surface area (Å²) in [4.78, 5) is 24.0. The van der Waals surface area contributed by atoms with Gasteiger partial charge >= 0.3 is 0 Å². The molecule has 1 aliphatic heterocycles. The number of hydrogen-bond donors (Lipinski definition) is 1. The van der Waals surface area contributed by atoms with Gasteiger partial charge in [-0.1, -0.05) is 0 Å². The van der Waals surface area contributed by atoms with Gasteiger partial charge < -0.3 is 10.2 Å². The molecule has 0 spiro atoms. The molecule has 1 atom stereocenters. The summed E-state index contributed by atoms with van der Waals surface area (Å²) in [7, 11) is 1.81. The van der Waals surface area contributed by atoms with E-state index in [2.05, 4.69) is 45.4 Å². The Balaban J connectivity index is 1.51. The predicted molar refractivity (Wildman–Crippen MR) is 105 cm³/mol. The number of nitrogens with zero attached hydrogens (tertiary/aromatic N) is 5. The Labute approximate surface area is 158 Å². The number of aryl methyl sites for hydroxylation is 3. The fourth-order valence-electron chi connectivity index (χ4n) is 3.71. The predicted octanol–water partition coefficient (Wildman–Crippen LogP) is 2.38. The van der Waals surface area contributed by atoms with Gasteiger partial charge in [0.2, 0.25) is 0 Å². The van der Waals surface area contributed by atoms with Crippen LogP contribution in [0, 0.1) is 13.8 Å². The van der Waals surface area contributed by atoms with Crippen LogP contribution in [0.4, 0.5) is 5.82 Å². The number of fused-ring (bicyclic) bond motifs is 1. The second kappa shape index (κ2) is 6.98. The largest absolute Gasteiger partial charge is 0.354 e. The van der Waals surface area contributed by atoms with Gasteiger partial charge in [0.25, 0.3) is 5.91 Å². The lowest BCUT2D eigenvalue weighted by Crippen LogP contribution is -2.48. The SMILES string of the molecule is Cc1cc(C)c2ccc(N3CCCC(NC(=O)c4cnn(C)c4)C3)nc2n1. The van der Waals surface area contributed by atoms with Crippen LogP contribution in [-0.4, -0.2) is 44.8 Å². The number of carbonyl (C=O) groups excluding carboxylic acids is 1. The zero-order valence-electron chi connectivity index (χ0n) is 15.9. The van der Waals surface area contributed by atoms with E-state index in [1.807, 2.05) is 14.0 Å². The Hall–Kier alpha value is -2.96. The molecule has 1 unspecified atom stereocenters. The third-order valence-corrected chi connectivity index (χ3v) is 5.04. The molecule has 0 saturated carbocycles. The number of pyridine rings is 2. The lowest BCUT2D eigenvalue weighted by atomic mass is 10.0. The molecule has 1 saturated heterocycles. The molecule has 4 heterocycles. The average molecular weight is 364 g/mol. The third kappa shape index (κ3) is 3.63. The first-order valence-electron chi connectivity index (χ1n) is 9.29. The molecular weight excluding hydrogens is 340 g/mol. The molecule has 3 aromatic rings. The van der Waals surface area contributed by atoms with Crippen LogP contribution in [-0.2, 0) is 7.05 Å². The van der Waals surface area contributed by atoms with E-state index in [0.29, 0.717) is 5.56 Å². The minimum Gasteiger partial charge on any atom is -0.354 e. The average Bonchev–Trinajstić information content (AvgIpc) is 3.08. The van der Waals surface area contributed by atoms with E-state index in [0.717, 1.165) is 48.5 Å². The number of piperidine rings is 1. The van der Waals surface area contributed by atoms with E-state index in [-0.39, 0.29) is 11.9 Å². The molecule has 0 aromatic carbocycles. The molecule has 0 bridgehead atoms. The Bertz CT molecular complexity index is 995. The van der Waals surface area contributed by atoms with Gasteiger partial charge in [-0.2, -0.15) is 5.10 Å². The lowest BCUT2D eigenvalue weighted by Gasteiger charge is -2.34. The highest BCUT2D eigenvalue weighted by molar-refractivity contribution is 5.93. The Kier molecular flexibility index (Phi) is 4.51. The summed E-state index contributed by atoms with van der Waals surface area (Å²) in [5.74, 6) is 0.842. The smallest absolute Gasteiger partial charge is 0.254 e. The van der Waals surface area contributed by atoms with Crippen molar-refractivity contribution in [3.05, 3.63) is 47.4 Å². The zero-order valence-corrected chi connectivity index (χ0v) is 15.9. The van der Waals surface area contributed by atoms with Gasteiger partial charge in [-0.25, -0.2) is 9.97 Å². The molecule has 1 aliphatic rings. The first kappa shape index (κ1) is 17.5. The molecular formula is C20H24N6O. The molecule has 1 amide bonds. The number of rotatable bonds is 3. The van der Waals surface area contributed by atoms with Crippen LogP contribution in [0.3, 0.4) is 0 Å². The van der Waals surface area contributed by atoms with Crippen LogP contribution >= 0.6 is 0 Å². The Morgan fingerprint density at radius 2 is 2.11 bits per heavy atom. The molecule has 0 aliphatic carbocycles. The fraction of sp³-hybridized carbons (Fsp3) is 0.400. The fourth-order valence-corrected chi connectivity index (χ4v) is 3.71. The summed E-state index contributed by atoms with van der Waals surface area (Å²) in [5.41, 5.74) is 3.54. The summed E-state index contributed by atoms with van der Waals surface area (Å²) < 4.78 is 1.64. The highest BCUT2D eigenvalue weighted by atomic mass is 16.1. The molecule has 3 aromatic heterocycles. The van der Waals surface area contributed by atoms with Gasteiger partial charge in [0, 0.05) is 43.5 Å². The third-order valence-electron chi connectivity index (χ3n) is 5.04. The van der Waals surface area contributed by atoms with Gasteiger partial charge in [-0.15, -0.1) is 0 Å². The van der Waals surface area contributed by atoms with E-state index in [1.165, 1.54) is 5.56 Å². The minimum atomic E-state index is -0.0747. The number of nitrogens with one attached hydrogen (secondary N) is 1. The van der Waals surface area contributed by atoms with Crippen molar-refractivity contribution < 1.29 is 4.79 Å². The van der Waals surface area contributed by atoms with Crippen molar-refractivity contribution in [1.29, 1.82) is 0 Å². The quantitative estimate of drug-likeness (QED) is 0.772. The van der Waals surface area contributed by atoms with E-state index < -0.39 is 0 Å². The molecule has 1 fully saturated rings. The van der Waals surface area contributed by atoms with Gasteiger partial charge in [0.1, 0.15) is 5.82 Å². The molecule has 7 nitrogen and oxygen atoms in total. The second-order valence-electron chi connectivity index (χ2n) is 7.28. The summed E-state index contributed by atoms with van der Waals surface area (Å²) >= 11 is 0. The Morgan fingerprint density at radius 1 is 1.26 bits per heavy atom. The van der Waals surface area contributed by atoms with Crippen molar-refractivity contribution >= 4 is 22.8 Å². The first-order valence-corrected chi connectivity index (χ1v) is 9.29. The maximum atomic E-state index is 12.4. The van der Waals surface area contributed by atoms with Crippen molar-refractivity contribution in [3.63, 3.8) is 0 Å². The standard InChI is InChI=1S/C20H24N6O/c1-13-9-14(2)22-19-17(13)6-7-18(24-19)26-8-4-5-16(12-26)23-20(27)15-10-21-25(3)11-15/h6-7,9-11,16H,4-5,8,12H2,1-3H3,(H,23,27). The van der Waals surface area contributed by atoms with Crippen LogP contribution in [0.5, 0.6) is 0 Å². The molecule has 4 rings (SSSR count). The topological polar surface area (TPSA) is 75.9 Å². The summed E-state index contributed by atoms with van der Waals surface area (Å²) in [6, 6.07) is 6.32. The summed E-state index contributed by atoms with van der Waals surface area (Å²) in [6.45, 7) is 5.76. The zero-order chi connectivity index (χ0) is 19.0. The first-order chi connectivity index (χ1) is 13.0. The van der Waals surface area contributed by atoms with Gasteiger partial charge in [0.15, 0.2) is 5.65 Å². The number of anilines is 1. The summed E-state index contributed by atoms with van der Waals surface area (Å²) in [5, 5.41) is 8.28. The van der Waals surface area contributed by atoms with Crippen LogP contribution in [0.15, 0.2) is 30.6 Å². The lowest BCUT2D eigenvalue weighted by molar-refractivity contribution is 0.0933. The highest BCUT2D eigenvalue weighted by Gasteiger charge is 2.23. The normalized spacial score (nSPS) is 17.3. The van der Waals surface area contributed by atoms with Crippen LogP contribution in [0.25, 0.3) is 11.0 Å². The molecule has 27 heavy (non-hydrogen) atoms. The molecule has 0 radical (unpaired) electrons. The monoisotopic (exact) mass is 364 g/mol. The van der Waals surface area contributed by atoms with Crippen LogP contribution in [0.1, 0.15) is 34.5 Å². The summed E-state index contributed by atoms with van der Waals surface area (Å²) in [6.07, 6.45) is 5.30. The number of hydrogen-bond acceptors (Lipinski definition) is 5. The van der Waals surface area contributed by atoms with Crippen LogP contribution in [0.2, 0.25) is 0 Å². The van der Waals surface area contributed by atoms with Crippen molar-refractivity contribution in [2.45, 2.75) is 32.7 Å². The van der Waals surface area contributed by atoms with Gasteiger partial charge in [-0.3, -0.25) is 9.48 Å². The van der Waals surface area contributed by atoms with Gasteiger partial charge in [-0.05, 0) is 50.5 Å². The van der Waals surface area contributed by atoms with E-state index in [9.17, 15) is 4.79 Å². The number of carbonyl (C=O) groups is 1. The molecule has 7 heteroatoms. The van der Waals surface area contributed by atoms with Crippen molar-refractivity contribution in [3.8, 4) is 0 Å². The van der Waals surface area contributed by atoms with Crippen molar-refractivity contribution in [1.82, 2.24) is 25.1 Å².